The molecule has 6 aromatic rings. The summed E-state index contributed by atoms with van der Waals surface area (Å²) in [6.07, 6.45) is 8.90. The summed E-state index contributed by atoms with van der Waals surface area (Å²) in [6, 6.07) is 46.6. The Labute approximate surface area is 224 Å². The molecule has 38 heavy (non-hydrogen) atoms. The van der Waals surface area contributed by atoms with Crippen molar-refractivity contribution in [3.05, 3.63) is 151 Å². The van der Waals surface area contributed by atoms with E-state index < -0.39 is 0 Å². The first kappa shape index (κ1) is 22.5. The van der Waals surface area contributed by atoms with Gasteiger partial charge in [0.1, 0.15) is 0 Å². The van der Waals surface area contributed by atoms with Crippen molar-refractivity contribution in [2.24, 2.45) is 0 Å². The Kier molecular flexibility index (Phi) is 5.72. The van der Waals surface area contributed by atoms with Gasteiger partial charge >= 0.3 is 0 Å². The van der Waals surface area contributed by atoms with Gasteiger partial charge in [-0.05, 0) is 85.0 Å². The summed E-state index contributed by atoms with van der Waals surface area (Å²) in [5.41, 5.74) is 10.3. The Balaban J connectivity index is 1.49. The molecule has 0 amide bonds. The minimum Gasteiger partial charge on any atom is -0.0842 e. The zero-order valence-corrected chi connectivity index (χ0v) is 21.3. The standard InChI is InChI=1S/C38H28/c1-4-12-27(13-5-1)28-20-22-29(23-21-28)32-24-25-35-36(26-32)38(31-16-8-3-9-17-31)34-19-11-10-18-33(34)37(35)30-14-6-2-7-15-30/h1-4,6-12,14-26H,5,13H2. The zero-order chi connectivity index (χ0) is 25.3. The molecule has 0 bridgehead atoms. The van der Waals surface area contributed by atoms with E-state index in [9.17, 15) is 0 Å². The Morgan fingerprint density at radius 1 is 0.395 bits per heavy atom. The van der Waals surface area contributed by atoms with Crippen molar-refractivity contribution in [3.63, 3.8) is 0 Å². The summed E-state index contributed by atoms with van der Waals surface area (Å²) in [4.78, 5) is 0. The highest BCUT2D eigenvalue weighted by atomic mass is 14.2. The molecule has 0 radical (unpaired) electrons. The maximum atomic E-state index is 2.40. The van der Waals surface area contributed by atoms with Gasteiger partial charge in [-0.3, -0.25) is 0 Å². The summed E-state index contributed by atoms with van der Waals surface area (Å²) >= 11 is 0. The van der Waals surface area contributed by atoms with E-state index in [2.05, 4.69) is 146 Å². The van der Waals surface area contributed by atoms with Crippen molar-refractivity contribution in [3.8, 4) is 33.4 Å². The van der Waals surface area contributed by atoms with E-state index in [1.54, 1.807) is 0 Å². The maximum absolute atomic E-state index is 2.40. The number of fused-ring (bicyclic) bond motifs is 2. The average Bonchev–Trinajstić information content (AvgIpc) is 3.01. The van der Waals surface area contributed by atoms with Gasteiger partial charge in [-0.1, -0.05) is 140 Å². The van der Waals surface area contributed by atoms with Crippen LogP contribution in [0.5, 0.6) is 0 Å². The molecule has 0 nitrogen and oxygen atoms in total. The van der Waals surface area contributed by atoms with Gasteiger partial charge < -0.3 is 0 Å². The molecular formula is C38H28. The molecule has 0 heterocycles. The molecule has 0 heteroatoms. The highest BCUT2D eigenvalue weighted by Crippen LogP contribution is 2.44. The minimum atomic E-state index is 1.11. The third kappa shape index (κ3) is 3.96. The van der Waals surface area contributed by atoms with Crippen LogP contribution in [0.15, 0.2) is 146 Å². The van der Waals surface area contributed by atoms with Gasteiger partial charge in [0, 0.05) is 0 Å². The van der Waals surface area contributed by atoms with Gasteiger partial charge in [0.25, 0.3) is 0 Å². The van der Waals surface area contributed by atoms with Crippen molar-refractivity contribution in [2.45, 2.75) is 12.8 Å². The van der Waals surface area contributed by atoms with Crippen molar-refractivity contribution < 1.29 is 0 Å². The number of hydrogen-bond donors (Lipinski definition) is 0. The van der Waals surface area contributed by atoms with E-state index >= 15 is 0 Å². The lowest BCUT2D eigenvalue weighted by Crippen LogP contribution is -1.92. The van der Waals surface area contributed by atoms with Crippen LogP contribution in [0.3, 0.4) is 0 Å². The number of rotatable bonds is 4. The average molecular weight is 485 g/mol. The second-order valence-electron chi connectivity index (χ2n) is 10.0. The molecule has 0 saturated heterocycles. The first-order valence-corrected chi connectivity index (χ1v) is 13.4. The maximum Gasteiger partial charge on any atom is -0.00262 e. The van der Waals surface area contributed by atoms with Gasteiger partial charge in [0.05, 0.1) is 0 Å². The van der Waals surface area contributed by atoms with Crippen LogP contribution < -0.4 is 0 Å². The second-order valence-corrected chi connectivity index (χ2v) is 10.0. The monoisotopic (exact) mass is 484 g/mol. The molecule has 0 unspecified atom stereocenters. The van der Waals surface area contributed by atoms with Crippen LogP contribution in [0, 0.1) is 0 Å². The van der Waals surface area contributed by atoms with Gasteiger partial charge in [0.15, 0.2) is 0 Å². The van der Waals surface area contributed by atoms with Crippen LogP contribution in [-0.4, -0.2) is 0 Å². The first-order chi connectivity index (χ1) is 18.9. The molecule has 6 aromatic carbocycles. The first-order valence-electron chi connectivity index (χ1n) is 13.4. The number of allylic oxidation sites excluding steroid dienone is 4. The summed E-state index contributed by atoms with van der Waals surface area (Å²) in [7, 11) is 0. The summed E-state index contributed by atoms with van der Waals surface area (Å²) in [5.74, 6) is 0. The lowest BCUT2D eigenvalue weighted by atomic mass is 9.85. The minimum absolute atomic E-state index is 1.11. The van der Waals surface area contributed by atoms with Crippen molar-refractivity contribution in [2.75, 3.05) is 0 Å². The van der Waals surface area contributed by atoms with E-state index in [4.69, 9.17) is 0 Å². The largest absolute Gasteiger partial charge is 0.0842 e. The SMILES string of the molecule is C1=CCCC(c2ccc(-c3ccc4c(-c5ccccc5)c5ccccc5c(-c5ccccc5)c4c3)cc2)=C1. The molecule has 1 aliphatic rings. The fourth-order valence-electron chi connectivity index (χ4n) is 5.91. The Hall–Kier alpha value is -4.68. The molecule has 0 spiro atoms. The van der Waals surface area contributed by atoms with Crippen LogP contribution in [0.25, 0.3) is 60.5 Å². The Morgan fingerprint density at radius 2 is 0.921 bits per heavy atom. The summed E-state index contributed by atoms with van der Waals surface area (Å²) in [5, 5.41) is 5.15. The molecule has 0 atom stereocenters. The summed E-state index contributed by atoms with van der Waals surface area (Å²) < 4.78 is 0. The van der Waals surface area contributed by atoms with Gasteiger partial charge in [0.2, 0.25) is 0 Å². The molecule has 0 fully saturated rings. The molecule has 0 saturated carbocycles. The molecule has 1 aliphatic carbocycles. The third-order valence-electron chi connectivity index (χ3n) is 7.75. The molecular weight excluding hydrogens is 456 g/mol. The summed E-state index contributed by atoms with van der Waals surface area (Å²) in [6.45, 7) is 0. The fourth-order valence-corrected chi connectivity index (χ4v) is 5.91. The van der Waals surface area contributed by atoms with Crippen LogP contribution in [0.1, 0.15) is 18.4 Å². The van der Waals surface area contributed by atoms with E-state index in [0.717, 1.165) is 12.8 Å². The molecule has 0 N–H and O–H groups in total. The Morgan fingerprint density at radius 3 is 1.53 bits per heavy atom. The smallest absolute Gasteiger partial charge is 0.00262 e. The highest BCUT2D eigenvalue weighted by molar-refractivity contribution is 6.21. The van der Waals surface area contributed by atoms with E-state index in [0.29, 0.717) is 0 Å². The lowest BCUT2D eigenvalue weighted by molar-refractivity contribution is 1.05. The molecule has 7 rings (SSSR count). The lowest BCUT2D eigenvalue weighted by Gasteiger charge is -2.19. The van der Waals surface area contributed by atoms with Crippen LogP contribution in [0.2, 0.25) is 0 Å². The topological polar surface area (TPSA) is 0 Å². The third-order valence-corrected chi connectivity index (χ3v) is 7.75. The Bertz CT molecular complexity index is 1820. The number of benzene rings is 6. The van der Waals surface area contributed by atoms with Crippen LogP contribution >= 0.6 is 0 Å². The van der Waals surface area contributed by atoms with Crippen molar-refractivity contribution >= 4 is 27.1 Å². The van der Waals surface area contributed by atoms with Crippen LogP contribution in [-0.2, 0) is 0 Å². The van der Waals surface area contributed by atoms with E-state index in [1.807, 2.05) is 0 Å². The molecule has 0 aliphatic heterocycles. The van der Waals surface area contributed by atoms with Gasteiger partial charge in [-0.15, -0.1) is 0 Å². The quantitative estimate of drug-likeness (QED) is 0.218. The fraction of sp³-hybridized carbons (Fsp3) is 0.0526. The van der Waals surface area contributed by atoms with E-state index in [-0.39, 0.29) is 0 Å². The van der Waals surface area contributed by atoms with Gasteiger partial charge in [-0.25, -0.2) is 0 Å². The zero-order valence-electron chi connectivity index (χ0n) is 21.3. The van der Waals surface area contributed by atoms with Gasteiger partial charge in [-0.2, -0.15) is 0 Å². The van der Waals surface area contributed by atoms with Crippen molar-refractivity contribution in [1.82, 2.24) is 0 Å². The molecule has 180 valence electrons. The number of hydrogen-bond acceptors (Lipinski definition) is 0. The normalized spacial score (nSPS) is 13.1. The van der Waals surface area contributed by atoms with Crippen LogP contribution in [0.4, 0.5) is 0 Å². The second kappa shape index (κ2) is 9.65. The van der Waals surface area contributed by atoms with E-state index in [1.165, 1.54) is 66.1 Å². The predicted molar refractivity (Wildman–Crippen MR) is 164 cm³/mol. The van der Waals surface area contributed by atoms with Crippen molar-refractivity contribution in [1.29, 1.82) is 0 Å². The molecule has 0 aromatic heterocycles. The predicted octanol–water partition coefficient (Wildman–Crippen LogP) is 10.7. The highest BCUT2D eigenvalue weighted by Gasteiger charge is 2.17.